The van der Waals surface area contributed by atoms with Gasteiger partial charge in [0.15, 0.2) is 5.13 Å². The number of nitrogens with zero attached hydrogens (tertiary/aromatic N) is 4. The van der Waals surface area contributed by atoms with Crippen molar-refractivity contribution < 1.29 is 13.2 Å². The standard InChI is InChI=1S/C28H40N4O3S2/c1-8-22-9-14-25-26(17-22)36-28(29-25)32(16-15-30(6)7)27(33)23-10-12-24(13-11-23)37(34,35)31(18-20(2)3)19-21(4)5/h9-14,17,20-21H,8,15-16,18-19H2,1-7H3. The molecule has 202 valence electrons. The third-order valence-electron chi connectivity index (χ3n) is 5.97. The van der Waals surface area contributed by atoms with E-state index in [1.54, 1.807) is 33.5 Å². The van der Waals surface area contributed by atoms with Gasteiger partial charge in [-0.05, 0) is 74.3 Å². The van der Waals surface area contributed by atoms with E-state index in [4.69, 9.17) is 4.98 Å². The van der Waals surface area contributed by atoms with Gasteiger partial charge in [-0.1, -0.05) is 52.0 Å². The maximum Gasteiger partial charge on any atom is 0.260 e. The summed E-state index contributed by atoms with van der Waals surface area (Å²) in [5.41, 5.74) is 2.54. The highest BCUT2D eigenvalue weighted by Crippen LogP contribution is 2.31. The number of fused-ring (bicyclic) bond motifs is 1. The Morgan fingerprint density at radius 1 is 0.946 bits per heavy atom. The molecule has 3 aromatic rings. The molecule has 0 aliphatic heterocycles. The van der Waals surface area contributed by atoms with Crippen molar-refractivity contribution >= 4 is 42.6 Å². The number of amides is 1. The quantitative estimate of drug-likeness (QED) is 0.307. The lowest BCUT2D eigenvalue weighted by molar-refractivity contribution is 0.0985. The molecule has 9 heteroatoms. The van der Waals surface area contributed by atoms with Crippen molar-refractivity contribution in [2.45, 2.75) is 45.9 Å². The van der Waals surface area contributed by atoms with Gasteiger partial charge in [-0.2, -0.15) is 4.31 Å². The number of rotatable bonds is 12. The minimum Gasteiger partial charge on any atom is -0.308 e. The monoisotopic (exact) mass is 544 g/mol. The molecule has 0 atom stereocenters. The van der Waals surface area contributed by atoms with Gasteiger partial charge in [0.1, 0.15) is 0 Å². The maximum absolute atomic E-state index is 13.7. The zero-order valence-corrected chi connectivity index (χ0v) is 24.7. The second-order valence-electron chi connectivity index (χ2n) is 10.5. The Bertz CT molecular complexity index is 1290. The molecule has 0 fully saturated rings. The largest absolute Gasteiger partial charge is 0.308 e. The van der Waals surface area contributed by atoms with Gasteiger partial charge in [0, 0.05) is 31.7 Å². The molecule has 0 bridgehead atoms. The first-order chi connectivity index (χ1) is 17.4. The van der Waals surface area contributed by atoms with Gasteiger partial charge in [0.05, 0.1) is 15.1 Å². The van der Waals surface area contributed by atoms with Crippen molar-refractivity contribution in [3.05, 3.63) is 53.6 Å². The number of hydrogen-bond acceptors (Lipinski definition) is 6. The van der Waals surface area contributed by atoms with Crippen LogP contribution in [0.5, 0.6) is 0 Å². The average molecular weight is 545 g/mol. The van der Waals surface area contributed by atoms with Crippen LogP contribution >= 0.6 is 11.3 Å². The van der Waals surface area contributed by atoms with Crippen molar-refractivity contribution in [3.8, 4) is 0 Å². The Balaban J connectivity index is 1.92. The molecular weight excluding hydrogens is 504 g/mol. The molecule has 1 aromatic heterocycles. The molecule has 0 N–H and O–H groups in total. The Morgan fingerprint density at radius 3 is 2.11 bits per heavy atom. The fourth-order valence-electron chi connectivity index (χ4n) is 4.04. The molecule has 1 amide bonds. The Kier molecular flexibility index (Phi) is 9.86. The molecular formula is C28H40N4O3S2. The van der Waals surface area contributed by atoms with Crippen LogP contribution in [0.1, 0.15) is 50.5 Å². The number of carbonyl (C=O) groups excluding carboxylic acids is 1. The first-order valence-electron chi connectivity index (χ1n) is 12.9. The molecule has 3 rings (SSSR count). The number of hydrogen-bond donors (Lipinski definition) is 0. The van der Waals surface area contributed by atoms with E-state index in [1.807, 2.05) is 52.8 Å². The summed E-state index contributed by atoms with van der Waals surface area (Å²) < 4.78 is 29.4. The summed E-state index contributed by atoms with van der Waals surface area (Å²) >= 11 is 1.51. The zero-order valence-electron chi connectivity index (χ0n) is 23.1. The van der Waals surface area contributed by atoms with Gasteiger partial charge < -0.3 is 4.90 Å². The van der Waals surface area contributed by atoms with Crippen LogP contribution in [0.4, 0.5) is 5.13 Å². The summed E-state index contributed by atoms with van der Waals surface area (Å²) in [6.45, 7) is 12.2. The minimum absolute atomic E-state index is 0.193. The molecule has 0 saturated heterocycles. The summed E-state index contributed by atoms with van der Waals surface area (Å²) in [5, 5.41) is 0.645. The Labute approximate surface area is 226 Å². The number of likely N-dealkylation sites (N-methyl/N-ethyl adjacent to an activating group) is 1. The lowest BCUT2D eigenvalue weighted by Crippen LogP contribution is -2.37. The molecule has 0 radical (unpaired) electrons. The number of aryl methyl sites for hydroxylation is 1. The Morgan fingerprint density at radius 2 is 1.57 bits per heavy atom. The van der Waals surface area contributed by atoms with E-state index < -0.39 is 10.0 Å². The highest BCUT2D eigenvalue weighted by Gasteiger charge is 2.27. The van der Waals surface area contributed by atoms with Gasteiger partial charge in [0.2, 0.25) is 10.0 Å². The molecule has 0 unspecified atom stereocenters. The summed E-state index contributed by atoms with van der Waals surface area (Å²) in [6.07, 6.45) is 0.938. The molecule has 0 spiro atoms. The smallest absolute Gasteiger partial charge is 0.260 e. The summed E-state index contributed by atoms with van der Waals surface area (Å²) in [6, 6.07) is 12.5. The van der Waals surface area contributed by atoms with Crippen LogP contribution in [0.15, 0.2) is 47.4 Å². The second kappa shape index (κ2) is 12.5. The van der Waals surface area contributed by atoms with Crippen LogP contribution in [0.25, 0.3) is 10.2 Å². The molecule has 0 aliphatic rings. The van der Waals surface area contributed by atoms with E-state index in [0.29, 0.717) is 36.9 Å². The van der Waals surface area contributed by atoms with Gasteiger partial charge in [0.25, 0.3) is 5.91 Å². The maximum atomic E-state index is 13.7. The van der Waals surface area contributed by atoms with Crippen molar-refractivity contribution in [3.63, 3.8) is 0 Å². The molecule has 7 nitrogen and oxygen atoms in total. The van der Waals surface area contributed by atoms with Crippen LogP contribution in [-0.2, 0) is 16.4 Å². The van der Waals surface area contributed by atoms with Crippen LogP contribution in [0.3, 0.4) is 0 Å². The molecule has 0 saturated carbocycles. The summed E-state index contributed by atoms with van der Waals surface area (Å²) in [5.74, 6) is 0.227. The lowest BCUT2D eigenvalue weighted by Gasteiger charge is -2.26. The van der Waals surface area contributed by atoms with E-state index in [9.17, 15) is 13.2 Å². The van der Waals surface area contributed by atoms with Gasteiger partial charge in [-0.3, -0.25) is 9.69 Å². The van der Waals surface area contributed by atoms with Crippen molar-refractivity contribution in [1.82, 2.24) is 14.2 Å². The van der Waals surface area contributed by atoms with Crippen LogP contribution in [0.2, 0.25) is 0 Å². The van der Waals surface area contributed by atoms with E-state index >= 15 is 0 Å². The van der Waals surface area contributed by atoms with Crippen LogP contribution < -0.4 is 4.90 Å². The normalized spacial score (nSPS) is 12.4. The Hall–Kier alpha value is -2.33. The zero-order chi connectivity index (χ0) is 27.3. The number of benzene rings is 2. The fraction of sp³-hybridized carbons (Fsp3) is 0.500. The lowest BCUT2D eigenvalue weighted by atomic mass is 10.2. The first kappa shape index (κ1) is 29.2. The molecule has 2 aromatic carbocycles. The number of anilines is 1. The van der Waals surface area contributed by atoms with Gasteiger partial charge in [-0.25, -0.2) is 13.4 Å². The van der Waals surface area contributed by atoms with Gasteiger partial charge >= 0.3 is 0 Å². The number of carbonyl (C=O) groups is 1. The predicted molar refractivity (Wildman–Crippen MR) is 154 cm³/mol. The SMILES string of the molecule is CCc1ccc2nc(N(CCN(C)C)C(=O)c3ccc(S(=O)(=O)N(CC(C)C)CC(C)C)cc3)sc2c1. The van der Waals surface area contributed by atoms with E-state index in [1.165, 1.54) is 16.9 Å². The van der Waals surface area contributed by atoms with Crippen molar-refractivity contribution in [1.29, 1.82) is 0 Å². The highest BCUT2D eigenvalue weighted by molar-refractivity contribution is 7.89. The van der Waals surface area contributed by atoms with E-state index in [0.717, 1.165) is 16.6 Å². The van der Waals surface area contributed by atoms with Crippen molar-refractivity contribution in [2.24, 2.45) is 11.8 Å². The second-order valence-corrected chi connectivity index (χ2v) is 13.5. The molecule has 37 heavy (non-hydrogen) atoms. The van der Waals surface area contributed by atoms with Crippen LogP contribution in [-0.4, -0.2) is 68.8 Å². The van der Waals surface area contributed by atoms with E-state index in [-0.39, 0.29) is 22.6 Å². The third kappa shape index (κ3) is 7.37. The van der Waals surface area contributed by atoms with Gasteiger partial charge in [-0.15, -0.1) is 0 Å². The number of aromatic nitrogens is 1. The average Bonchev–Trinajstić information content (AvgIpc) is 3.25. The van der Waals surface area contributed by atoms with Crippen LogP contribution in [0, 0.1) is 11.8 Å². The molecule has 0 aliphatic carbocycles. The third-order valence-corrected chi connectivity index (χ3v) is 8.86. The highest BCUT2D eigenvalue weighted by atomic mass is 32.2. The van der Waals surface area contributed by atoms with Crippen molar-refractivity contribution in [2.75, 3.05) is 45.2 Å². The topological polar surface area (TPSA) is 73.8 Å². The van der Waals surface area contributed by atoms with E-state index in [2.05, 4.69) is 19.1 Å². The number of thiazole rings is 1. The minimum atomic E-state index is -3.66. The first-order valence-corrected chi connectivity index (χ1v) is 15.1. The predicted octanol–water partition coefficient (Wildman–Crippen LogP) is 5.37. The fourth-order valence-corrected chi connectivity index (χ4v) is 6.86. The summed E-state index contributed by atoms with van der Waals surface area (Å²) in [4.78, 5) is 22.3. The summed E-state index contributed by atoms with van der Waals surface area (Å²) in [7, 11) is 0.273. The number of sulfonamides is 1. The molecule has 1 heterocycles.